The third-order valence-electron chi connectivity index (χ3n) is 2.41. The lowest BCUT2D eigenvalue weighted by molar-refractivity contribution is -0.111. The number of nitrogens with one attached hydrogen (secondary N) is 3. The molecular weight excluding hydrogens is 214 g/mol. The largest absolute Gasteiger partial charge is 0.370 e. The van der Waals surface area contributed by atoms with Crippen LogP contribution in [0.15, 0.2) is 36.9 Å². The van der Waals surface area contributed by atoms with Gasteiger partial charge >= 0.3 is 0 Å². The molecule has 3 N–H and O–H groups in total. The molecule has 0 saturated heterocycles. The molecule has 1 aromatic rings. The Morgan fingerprint density at radius 2 is 2.18 bits per heavy atom. The van der Waals surface area contributed by atoms with E-state index in [4.69, 9.17) is 0 Å². The fraction of sp³-hybridized carbons (Fsp3) is 0.308. The number of benzene rings is 1. The van der Waals surface area contributed by atoms with Gasteiger partial charge in [0.05, 0.1) is 6.17 Å². The molecule has 0 fully saturated rings. The normalized spacial score (nSPS) is 11.6. The summed E-state index contributed by atoms with van der Waals surface area (Å²) in [5, 5.41) is 9.20. The van der Waals surface area contributed by atoms with Gasteiger partial charge in [-0.25, -0.2) is 0 Å². The Morgan fingerprint density at radius 3 is 2.76 bits per heavy atom. The van der Waals surface area contributed by atoms with E-state index in [1.165, 1.54) is 6.08 Å². The highest BCUT2D eigenvalue weighted by Gasteiger charge is 2.03. The zero-order valence-corrected chi connectivity index (χ0v) is 10.3. The molecule has 17 heavy (non-hydrogen) atoms. The molecule has 1 aromatic carbocycles. The van der Waals surface area contributed by atoms with E-state index in [1.54, 1.807) is 0 Å². The first-order valence-electron chi connectivity index (χ1n) is 5.67. The molecule has 0 saturated carbocycles. The molecule has 4 heteroatoms. The Balaban J connectivity index is 2.71. The third kappa shape index (κ3) is 4.28. The fourth-order valence-corrected chi connectivity index (χ4v) is 1.46. The van der Waals surface area contributed by atoms with Crippen molar-refractivity contribution in [2.75, 3.05) is 17.7 Å². The van der Waals surface area contributed by atoms with Crippen molar-refractivity contribution in [2.24, 2.45) is 0 Å². The molecule has 1 amide bonds. The number of carbonyl (C=O) groups excluding carboxylic acids is 1. The van der Waals surface area contributed by atoms with Crippen LogP contribution in [0.5, 0.6) is 0 Å². The first-order valence-corrected chi connectivity index (χ1v) is 5.67. The van der Waals surface area contributed by atoms with E-state index in [2.05, 4.69) is 29.5 Å². The highest BCUT2D eigenvalue weighted by molar-refractivity contribution is 5.99. The molecule has 1 rings (SSSR count). The average Bonchev–Trinajstić information content (AvgIpc) is 2.36. The van der Waals surface area contributed by atoms with Crippen molar-refractivity contribution in [1.29, 1.82) is 0 Å². The second-order valence-electron chi connectivity index (χ2n) is 3.67. The number of carbonyl (C=O) groups is 1. The maximum Gasteiger partial charge on any atom is 0.247 e. The minimum absolute atomic E-state index is 0.206. The minimum atomic E-state index is -0.206. The van der Waals surface area contributed by atoms with Gasteiger partial charge in [0, 0.05) is 11.4 Å². The van der Waals surface area contributed by atoms with Crippen LogP contribution >= 0.6 is 0 Å². The standard InChI is InChI=1S/C13H19N3O/c1-4-12(14-3)15-10-7-6-8-11(9-10)16-13(17)5-2/h5-9,12,14-15H,2,4H2,1,3H3,(H,16,17). The Kier molecular flexibility index (Phi) is 5.23. The fourth-order valence-electron chi connectivity index (χ4n) is 1.46. The van der Waals surface area contributed by atoms with Crippen LogP contribution in [-0.2, 0) is 4.79 Å². The van der Waals surface area contributed by atoms with E-state index in [0.29, 0.717) is 0 Å². The van der Waals surface area contributed by atoms with Crippen LogP contribution in [-0.4, -0.2) is 19.1 Å². The van der Waals surface area contributed by atoms with Crippen molar-refractivity contribution in [2.45, 2.75) is 19.5 Å². The van der Waals surface area contributed by atoms with Gasteiger partial charge in [0.1, 0.15) is 0 Å². The van der Waals surface area contributed by atoms with Crippen molar-refractivity contribution in [3.63, 3.8) is 0 Å². The average molecular weight is 233 g/mol. The van der Waals surface area contributed by atoms with Crippen molar-refractivity contribution in [3.8, 4) is 0 Å². The van der Waals surface area contributed by atoms with Crippen molar-refractivity contribution in [3.05, 3.63) is 36.9 Å². The maximum absolute atomic E-state index is 11.2. The quantitative estimate of drug-likeness (QED) is 0.521. The van der Waals surface area contributed by atoms with Gasteiger partial charge in [-0.2, -0.15) is 0 Å². The first-order chi connectivity index (χ1) is 8.19. The minimum Gasteiger partial charge on any atom is -0.370 e. The van der Waals surface area contributed by atoms with Crippen molar-refractivity contribution >= 4 is 17.3 Å². The molecule has 1 atom stereocenters. The Labute approximate surface area is 102 Å². The number of amides is 1. The molecule has 0 spiro atoms. The molecule has 0 aliphatic carbocycles. The molecule has 1 unspecified atom stereocenters. The number of hydrogen-bond acceptors (Lipinski definition) is 3. The summed E-state index contributed by atoms with van der Waals surface area (Å²) in [6.45, 7) is 5.51. The van der Waals surface area contributed by atoms with Gasteiger partial charge in [-0.15, -0.1) is 0 Å². The van der Waals surface area contributed by atoms with Crippen LogP contribution < -0.4 is 16.0 Å². The molecule has 0 heterocycles. The molecule has 0 aromatic heterocycles. The monoisotopic (exact) mass is 233 g/mol. The lowest BCUT2D eigenvalue weighted by Gasteiger charge is -2.17. The number of rotatable bonds is 6. The molecule has 0 aliphatic heterocycles. The highest BCUT2D eigenvalue weighted by Crippen LogP contribution is 2.16. The van der Waals surface area contributed by atoms with E-state index in [0.717, 1.165) is 17.8 Å². The van der Waals surface area contributed by atoms with Crippen LogP contribution in [0.25, 0.3) is 0 Å². The van der Waals surface area contributed by atoms with Gasteiger partial charge in [0.15, 0.2) is 0 Å². The summed E-state index contributed by atoms with van der Waals surface area (Å²) in [7, 11) is 1.91. The van der Waals surface area contributed by atoms with Gasteiger partial charge < -0.3 is 16.0 Å². The predicted octanol–water partition coefficient (Wildman–Crippen LogP) is 2.18. The molecular formula is C13H19N3O. The number of hydrogen-bond donors (Lipinski definition) is 3. The number of anilines is 2. The summed E-state index contributed by atoms with van der Waals surface area (Å²) in [6.07, 6.45) is 2.45. The molecule has 4 nitrogen and oxygen atoms in total. The summed E-state index contributed by atoms with van der Waals surface area (Å²) in [6, 6.07) is 7.58. The second kappa shape index (κ2) is 6.70. The summed E-state index contributed by atoms with van der Waals surface area (Å²) in [5.41, 5.74) is 1.72. The lowest BCUT2D eigenvalue weighted by atomic mass is 10.2. The Bertz CT molecular complexity index is 386. The van der Waals surface area contributed by atoms with E-state index in [-0.39, 0.29) is 12.1 Å². The molecule has 0 radical (unpaired) electrons. The van der Waals surface area contributed by atoms with Gasteiger partial charge in [0.2, 0.25) is 5.91 Å². The van der Waals surface area contributed by atoms with Crippen molar-refractivity contribution in [1.82, 2.24) is 5.32 Å². The topological polar surface area (TPSA) is 53.2 Å². The molecule has 92 valence electrons. The highest BCUT2D eigenvalue weighted by atomic mass is 16.1. The lowest BCUT2D eigenvalue weighted by Crippen LogP contribution is -2.32. The van der Waals surface area contributed by atoms with Crippen LogP contribution in [0.1, 0.15) is 13.3 Å². The van der Waals surface area contributed by atoms with E-state index in [9.17, 15) is 4.79 Å². The summed E-state index contributed by atoms with van der Waals surface area (Å²) >= 11 is 0. The Hall–Kier alpha value is -1.81. The maximum atomic E-state index is 11.2. The summed E-state index contributed by atoms with van der Waals surface area (Å²) in [4.78, 5) is 11.2. The van der Waals surface area contributed by atoms with Gasteiger partial charge in [-0.3, -0.25) is 4.79 Å². The van der Waals surface area contributed by atoms with Crippen LogP contribution in [0.3, 0.4) is 0 Å². The zero-order valence-electron chi connectivity index (χ0n) is 10.3. The van der Waals surface area contributed by atoms with Gasteiger partial charge in [-0.1, -0.05) is 19.6 Å². The second-order valence-corrected chi connectivity index (χ2v) is 3.67. The summed E-state index contributed by atoms with van der Waals surface area (Å²) < 4.78 is 0. The zero-order chi connectivity index (χ0) is 12.7. The van der Waals surface area contributed by atoms with Crippen LogP contribution in [0.4, 0.5) is 11.4 Å². The Morgan fingerprint density at radius 1 is 1.47 bits per heavy atom. The van der Waals surface area contributed by atoms with Gasteiger partial charge in [-0.05, 0) is 37.7 Å². The van der Waals surface area contributed by atoms with Crippen LogP contribution in [0.2, 0.25) is 0 Å². The van der Waals surface area contributed by atoms with Crippen molar-refractivity contribution < 1.29 is 4.79 Å². The molecule has 0 aliphatic rings. The first kappa shape index (κ1) is 13.3. The summed E-state index contributed by atoms with van der Waals surface area (Å²) in [5.74, 6) is -0.206. The smallest absolute Gasteiger partial charge is 0.247 e. The van der Waals surface area contributed by atoms with Gasteiger partial charge in [0.25, 0.3) is 0 Å². The van der Waals surface area contributed by atoms with E-state index >= 15 is 0 Å². The molecule has 0 bridgehead atoms. The SMILES string of the molecule is C=CC(=O)Nc1cccc(NC(CC)NC)c1. The van der Waals surface area contributed by atoms with Crippen LogP contribution in [0, 0.1) is 0 Å². The third-order valence-corrected chi connectivity index (χ3v) is 2.41. The van der Waals surface area contributed by atoms with E-state index in [1.807, 2.05) is 31.3 Å². The van der Waals surface area contributed by atoms with E-state index < -0.39 is 0 Å². The predicted molar refractivity (Wildman–Crippen MR) is 72.0 cm³/mol.